The zero-order chi connectivity index (χ0) is 26.5. The summed E-state index contributed by atoms with van der Waals surface area (Å²) in [6.07, 6.45) is -1.31. The van der Waals surface area contributed by atoms with Crippen molar-refractivity contribution in [3.8, 4) is 17.2 Å². The van der Waals surface area contributed by atoms with Crippen molar-refractivity contribution in [1.82, 2.24) is 29.9 Å². The fraction of sp³-hybridized carbons (Fsp3) is 0.250. The van der Waals surface area contributed by atoms with Crippen LogP contribution in [-0.2, 0) is 6.18 Å². The highest BCUT2D eigenvalue weighted by molar-refractivity contribution is 6.32. The van der Waals surface area contributed by atoms with Gasteiger partial charge in [0.05, 0.1) is 59.8 Å². The number of nitrogens with zero attached hydrogens (tertiary/aromatic N) is 5. The molecule has 0 radical (unpaired) electrons. The summed E-state index contributed by atoms with van der Waals surface area (Å²) < 4.78 is 50.8. The number of alkyl halides is 3. The third kappa shape index (κ3) is 4.37. The summed E-state index contributed by atoms with van der Waals surface area (Å²) in [5, 5.41) is 7.83. The number of nitrogens with one attached hydrogen (secondary N) is 1. The fourth-order valence-electron chi connectivity index (χ4n) is 4.38. The van der Waals surface area contributed by atoms with E-state index < -0.39 is 28.7 Å². The van der Waals surface area contributed by atoms with Crippen LogP contribution < -0.4 is 9.47 Å². The first kappa shape index (κ1) is 24.6. The molecule has 5 rings (SSSR count). The molecule has 0 bridgehead atoms. The van der Waals surface area contributed by atoms with Gasteiger partial charge >= 0.3 is 6.18 Å². The number of H-pyrrole nitrogens is 1. The minimum Gasteiger partial charge on any atom is -0.493 e. The maximum Gasteiger partial charge on any atom is 0.417 e. The first-order chi connectivity index (χ1) is 17.6. The Morgan fingerprint density at radius 1 is 1.14 bits per heavy atom. The number of fused-ring (bicyclic) bond motifs is 1. The maximum absolute atomic E-state index is 13.9. The molecular weight excluding hydrogens is 513 g/mol. The van der Waals surface area contributed by atoms with Gasteiger partial charge in [-0.3, -0.25) is 4.79 Å². The highest BCUT2D eigenvalue weighted by Gasteiger charge is 2.37. The molecule has 0 aliphatic carbocycles. The highest BCUT2D eigenvalue weighted by Crippen LogP contribution is 2.40. The van der Waals surface area contributed by atoms with Gasteiger partial charge in [0.25, 0.3) is 5.91 Å². The summed E-state index contributed by atoms with van der Waals surface area (Å²) in [7, 11) is 2.92. The lowest BCUT2D eigenvalue weighted by Crippen LogP contribution is -2.32. The van der Waals surface area contributed by atoms with Crippen LogP contribution in [0.2, 0.25) is 5.02 Å². The average Bonchev–Trinajstić information content (AvgIpc) is 3.61. The predicted molar refractivity (Wildman–Crippen MR) is 128 cm³/mol. The SMILES string of the molecule is C=C1CC(c2nc3cc(Cl)c(C(F)(F)F)cc3[nH]2)N(C(=O)c2cc(OC)c(OC)cc2-n2nccn2)C1. The number of halogens is 4. The van der Waals surface area contributed by atoms with Crippen molar-refractivity contribution in [2.75, 3.05) is 20.8 Å². The number of rotatable bonds is 5. The quantitative estimate of drug-likeness (QED) is 0.364. The molecule has 1 atom stereocenters. The van der Waals surface area contributed by atoms with Crippen LogP contribution in [0.3, 0.4) is 0 Å². The molecule has 2 aromatic carbocycles. The van der Waals surface area contributed by atoms with Crippen LogP contribution in [0.15, 0.2) is 48.8 Å². The van der Waals surface area contributed by atoms with Gasteiger partial charge in [0.2, 0.25) is 0 Å². The Labute approximate surface area is 213 Å². The number of aromatic nitrogens is 5. The molecule has 4 aromatic rings. The van der Waals surface area contributed by atoms with Crippen LogP contribution in [0.1, 0.15) is 34.2 Å². The minimum absolute atomic E-state index is 0.157. The van der Waals surface area contributed by atoms with Crippen LogP contribution in [0.4, 0.5) is 13.2 Å². The third-order valence-electron chi connectivity index (χ3n) is 6.09. The first-order valence-electron chi connectivity index (χ1n) is 11.0. The molecule has 1 fully saturated rings. The molecule has 13 heteroatoms. The zero-order valence-corrected chi connectivity index (χ0v) is 20.4. The number of carbonyl (C=O) groups excluding carboxylic acids is 1. The second-order valence-corrected chi connectivity index (χ2v) is 8.82. The Morgan fingerprint density at radius 2 is 1.81 bits per heavy atom. The normalized spacial score (nSPS) is 16.0. The molecule has 1 N–H and O–H groups in total. The van der Waals surface area contributed by atoms with Crippen LogP contribution in [-0.4, -0.2) is 56.5 Å². The van der Waals surface area contributed by atoms with Crippen molar-refractivity contribution in [3.63, 3.8) is 0 Å². The molecule has 192 valence electrons. The Hall–Kier alpha value is -4.06. The average molecular weight is 533 g/mol. The van der Waals surface area contributed by atoms with Crippen LogP contribution in [0.5, 0.6) is 11.5 Å². The number of methoxy groups -OCH3 is 2. The Balaban J connectivity index is 1.58. The number of likely N-dealkylation sites (tertiary alicyclic amines) is 1. The van der Waals surface area contributed by atoms with Crippen molar-refractivity contribution in [1.29, 1.82) is 0 Å². The smallest absolute Gasteiger partial charge is 0.417 e. The Kier molecular flexibility index (Phi) is 6.06. The molecular formula is C24H20ClF3N6O3. The van der Waals surface area contributed by atoms with E-state index in [0.717, 1.165) is 17.7 Å². The van der Waals surface area contributed by atoms with Gasteiger partial charge in [-0.2, -0.15) is 28.2 Å². The van der Waals surface area contributed by atoms with E-state index in [0.29, 0.717) is 29.4 Å². The lowest BCUT2D eigenvalue weighted by molar-refractivity contribution is -0.137. The van der Waals surface area contributed by atoms with Gasteiger partial charge in [-0.05, 0) is 24.6 Å². The standard InChI is InChI=1S/C24H20ClF3N6O3/c1-12-6-19(22-31-16-8-14(24(26,27)28)15(25)9-17(16)32-22)33(11-12)23(35)13-7-20(36-2)21(37-3)10-18(13)34-29-4-5-30-34/h4-5,7-10,19H,1,6,11H2,2-3H3,(H,31,32). The van der Waals surface area contributed by atoms with Gasteiger partial charge in [0, 0.05) is 12.6 Å². The summed E-state index contributed by atoms with van der Waals surface area (Å²) >= 11 is 5.87. The number of hydrogen-bond acceptors (Lipinski definition) is 6. The van der Waals surface area contributed by atoms with Gasteiger partial charge in [0.1, 0.15) is 11.5 Å². The number of ether oxygens (including phenoxy) is 2. The van der Waals surface area contributed by atoms with E-state index in [9.17, 15) is 18.0 Å². The number of aromatic amines is 1. The fourth-order valence-corrected chi connectivity index (χ4v) is 4.65. The molecule has 0 spiro atoms. The van der Waals surface area contributed by atoms with Crippen molar-refractivity contribution < 1.29 is 27.4 Å². The van der Waals surface area contributed by atoms with Gasteiger partial charge in [-0.25, -0.2) is 4.98 Å². The van der Waals surface area contributed by atoms with Crippen LogP contribution in [0.25, 0.3) is 16.7 Å². The van der Waals surface area contributed by atoms with E-state index in [4.69, 9.17) is 21.1 Å². The summed E-state index contributed by atoms with van der Waals surface area (Å²) in [5.74, 6) is 0.626. The molecule has 2 aromatic heterocycles. The molecule has 1 saturated heterocycles. The first-order valence-corrected chi connectivity index (χ1v) is 11.3. The van der Waals surface area contributed by atoms with Crippen molar-refractivity contribution in [2.45, 2.75) is 18.6 Å². The lowest BCUT2D eigenvalue weighted by atomic mass is 10.1. The van der Waals surface area contributed by atoms with E-state index in [1.165, 1.54) is 37.5 Å². The van der Waals surface area contributed by atoms with Crippen molar-refractivity contribution >= 4 is 28.5 Å². The molecule has 1 aliphatic heterocycles. The number of imidazole rings is 1. The van der Waals surface area contributed by atoms with Crippen molar-refractivity contribution in [2.24, 2.45) is 0 Å². The topological polar surface area (TPSA) is 98.2 Å². The lowest BCUT2D eigenvalue weighted by Gasteiger charge is -2.24. The summed E-state index contributed by atoms with van der Waals surface area (Å²) in [6.45, 7) is 4.24. The molecule has 3 heterocycles. The van der Waals surface area contributed by atoms with E-state index in [2.05, 4.69) is 26.7 Å². The van der Waals surface area contributed by atoms with E-state index in [-0.39, 0.29) is 23.1 Å². The number of amides is 1. The number of carbonyl (C=O) groups is 1. The van der Waals surface area contributed by atoms with Crippen LogP contribution >= 0.6 is 11.6 Å². The molecule has 1 aliphatic rings. The van der Waals surface area contributed by atoms with Gasteiger partial charge in [-0.15, -0.1) is 0 Å². The van der Waals surface area contributed by atoms with Gasteiger partial charge in [0.15, 0.2) is 11.5 Å². The third-order valence-corrected chi connectivity index (χ3v) is 6.40. The molecule has 9 nitrogen and oxygen atoms in total. The number of hydrogen-bond donors (Lipinski definition) is 1. The predicted octanol–water partition coefficient (Wildman–Crippen LogP) is 4.98. The summed E-state index contributed by atoms with van der Waals surface area (Å²) in [6, 6.07) is 4.60. The number of benzene rings is 2. The second kappa shape index (κ2) is 9.11. The van der Waals surface area contributed by atoms with Gasteiger partial charge < -0.3 is 19.4 Å². The minimum atomic E-state index is -4.62. The largest absolute Gasteiger partial charge is 0.493 e. The molecule has 0 saturated carbocycles. The Bertz CT molecular complexity index is 1520. The van der Waals surface area contributed by atoms with Gasteiger partial charge in [-0.1, -0.05) is 23.8 Å². The van der Waals surface area contributed by atoms with E-state index in [1.807, 2.05) is 0 Å². The molecule has 1 amide bonds. The second-order valence-electron chi connectivity index (χ2n) is 8.41. The van der Waals surface area contributed by atoms with E-state index in [1.54, 1.807) is 11.0 Å². The summed E-state index contributed by atoms with van der Waals surface area (Å²) in [5.41, 5.74) is 0.784. The van der Waals surface area contributed by atoms with Crippen molar-refractivity contribution in [3.05, 3.63) is 70.8 Å². The van der Waals surface area contributed by atoms with Crippen LogP contribution in [0, 0.1) is 0 Å². The van der Waals surface area contributed by atoms with E-state index >= 15 is 0 Å². The molecule has 37 heavy (non-hydrogen) atoms. The maximum atomic E-state index is 13.9. The zero-order valence-electron chi connectivity index (χ0n) is 19.6. The highest BCUT2D eigenvalue weighted by atomic mass is 35.5. The monoisotopic (exact) mass is 532 g/mol. The Morgan fingerprint density at radius 3 is 2.46 bits per heavy atom. The molecule has 1 unspecified atom stereocenters. The summed E-state index contributed by atoms with van der Waals surface area (Å²) in [4.78, 5) is 24.1.